The summed E-state index contributed by atoms with van der Waals surface area (Å²) in [5.41, 5.74) is 0.746. The number of benzene rings is 2. The SMILES string of the molecule is CN(C)C(=O)CN(C)C(=O)C(Oc1ccccc1)c1ccccc1. The van der Waals surface area contributed by atoms with Crippen LogP contribution in [0.15, 0.2) is 60.7 Å². The number of likely N-dealkylation sites (N-methyl/N-ethyl adjacent to an activating group) is 2. The molecule has 0 bridgehead atoms. The monoisotopic (exact) mass is 326 g/mol. The largest absolute Gasteiger partial charge is 0.476 e. The molecule has 2 aromatic carbocycles. The van der Waals surface area contributed by atoms with E-state index in [2.05, 4.69) is 0 Å². The van der Waals surface area contributed by atoms with Crippen molar-refractivity contribution in [2.45, 2.75) is 6.10 Å². The van der Waals surface area contributed by atoms with Gasteiger partial charge in [-0.15, -0.1) is 0 Å². The summed E-state index contributed by atoms with van der Waals surface area (Å²) in [6.07, 6.45) is -0.798. The van der Waals surface area contributed by atoms with E-state index in [1.54, 1.807) is 33.3 Å². The van der Waals surface area contributed by atoms with Crippen molar-refractivity contribution in [2.24, 2.45) is 0 Å². The molecule has 0 N–H and O–H groups in total. The minimum atomic E-state index is -0.798. The average Bonchev–Trinajstić information content (AvgIpc) is 2.60. The Morgan fingerprint density at radius 2 is 1.46 bits per heavy atom. The molecule has 0 heterocycles. The highest BCUT2D eigenvalue weighted by molar-refractivity contribution is 5.87. The van der Waals surface area contributed by atoms with Gasteiger partial charge in [-0.1, -0.05) is 48.5 Å². The third kappa shape index (κ3) is 4.59. The highest BCUT2D eigenvalue weighted by atomic mass is 16.5. The van der Waals surface area contributed by atoms with Crippen LogP contribution in [0.1, 0.15) is 11.7 Å². The number of hydrogen-bond acceptors (Lipinski definition) is 3. The highest BCUT2D eigenvalue weighted by Gasteiger charge is 2.27. The van der Waals surface area contributed by atoms with Gasteiger partial charge in [0.25, 0.3) is 5.91 Å². The van der Waals surface area contributed by atoms with Crippen LogP contribution in [0.4, 0.5) is 0 Å². The van der Waals surface area contributed by atoms with Gasteiger partial charge in [-0.25, -0.2) is 0 Å². The maximum absolute atomic E-state index is 12.8. The molecule has 2 aromatic rings. The van der Waals surface area contributed by atoms with Crippen molar-refractivity contribution < 1.29 is 14.3 Å². The lowest BCUT2D eigenvalue weighted by Crippen LogP contribution is -2.41. The lowest BCUT2D eigenvalue weighted by atomic mass is 10.1. The molecule has 0 aliphatic rings. The first-order valence-corrected chi connectivity index (χ1v) is 7.71. The van der Waals surface area contributed by atoms with Crippen molar-refractivity contribution in [2.75, 3.05) is 27.7 Å². The van der Waals surface area contributed by atoms with E-state index in [0.717, 1.165) is 5.56 Å². The number of carbonyl (C=O) groups is 2. The Morgan fingerprint density at radius 3 is 2.00 bits per heavy atom. The molecule has 1 atom stereocenters. The van der Waals surface area contributed by atoms with Crippen LogP contribution >= 0.6 is 0 Å². The number of rotatable bonds is 6. The van der Waals surface area contributed by atoms with Gasteiger partial charge >= 0.3 is 0 Å². The van der Waals surface area contributed by atoms with Gasteiger partial charge in [0.2, 0.25) is 12.0 Å². The fourth-order valence-corrected chi connectivity index (χ4v) is 2.15. The fourth-order valence-electron chi connectivity index (χ4n) is 2.15. The summed E-state index contributed by atoms with van der Waals surface area (Å²) >= 11 is 0. The molecule has 0 spiro atoms. The molecule has 2 amide bonds. The van der Waals surface area contributed by atoms with Gasteiger partial charge in [-0.05, 0) is 12.1 Å². The summed E-state index contributed by atoms with van der Waals surface area (Å²) in [6, 6.07) is 18.5. The predicted octanol–water partition coefficient (Wildman–Crippen LogP) is 2.35. The first-order valence-electron chi connectivity index (χ1n) is 7.71. The van der Waals surface area contributed by atoms with E-state index in [4.69, 9.17) is 4.74 Å². The Labute approximate surface area is 142 Å². The van der Waals surface area contributed by atoms with Crippen LogP contribution in [0.25, 0.3) is 0 Å². The Hall–Kier alpha value is -2.82. The maximum Gasteiger partial charge on any atom is 0.268 e. The summed E-state index contributed by atoms with van der Waals surface area (Å²) in [5, 5.41) is 0. The highest BCUT2D eigenvalue weighted by Crippen LogP contribution is 2.23. The molecule has 24 heavy (non-hydrogen) atoms. The summed E-state index contributed by atoms with van der Waals surface area (Å²) in [5.74, 6) is 0.199. The molecule has 0 saturated carbocycles. The molecule has 5 heteroatoms. The number of para-hydroxylation sites is 1. The maximum atomic E-state index is 12.8. The Bertz CT molecular complexity index is 672. The normalized spacial score (nSPS) is 11.5. The van der Waals surface area contributed by atoms with E-state index in [1.165, 1.54) is 9.80 Å². The minimum absolute atomic E-state index is 0.00726. The van der Waals surface area contributed by atoms with Gasteiger partial charge < -0.3 is 14.5 Å². The van der Waals surface area contributed by atoms with E-state index in [9.17, 15) is 9.59 Å². The van der Waals surface area contributed by atoms with Crippen LogP contribution in [0.2, 0.25) is 0 Å². The zero-order chi connectivity index (χ0) is 17.5. The second-order valence-electron chi connectivity index (χ2n) is 5.70. The van der Waals surface area contributed by atoms with E-state index in [0.29, 0.717) is 5.75 Å². The average molecular weight is 326 g/mol. The molecule has 0 saturated heterocycles. The third-order valence-corrected chi connectivity index (χ3v) is 3.57. The molecule has 1 unspecified atom stereocenters. The van der Waals surface area contributed by atoms with Crippen molar-refractivity contribution >= 4 is 11.8 Å². The fraction of sp³-hybridized carbons (Fsp3) is 0.263. The Kier molecular flexibility index (Phi) is 5.95. The van der Waals surface area contributed by atoms with Crippen molar-refractivity contribution in [3.05, 3.63) is 66.2 Å². The topological polar surface area (TPSA) is 49.9 Å². The minimum Gasteiger partial charge on any atom is -0.476 e. The quantitative estimate of drug-likeness (QED) is 0.819. The van der Waals surface area contributed by atoms with Crippen molar-refractivity contribution in [3.63, 3.8) is 0 Å². The van der Waals surface area contributed by atoms with Crippen LogP contribution in [0.5, 0.6) is 5.75 Å². The number of nitrogens with zero attached hydrogens (tertiary/aromatic N) is 2. The smallest absolute Gasteiger partial charge is 0.268 e. The number of carbonyl (C=O) groups excluding carboxylic acids is 2. The van der Waals surface area contributed by atoms with Gasteiger partial charge in [0, 0.05) is 26.7 Å². The van der Waals surface area contributed by atoms with Crippen molar-refractivity contribution in [1.29, 1.82) is 0 Å². The van der Waals surface area contributed by atoms with E-state index in [-0.39, 0.29) is 18.4 Å². The second kappa shape index (κ2) is 8.15. The van der Waals surface area contributed by atoms with Gasteiger partial charge in [0.05, 0.1) is 6.54 Å². The van der Waals surface area contributed by atoms with Gasteiger partial charge in [0.1, 0.15) is 5.75 Å². The third-order valence-electron chi connectivity index (χ3n) is 3.57. The first-order chi connectivity index (χ1) is 11.5. The standard InChI is InChI=1S/C19H22N2O3/c1-20(2)17(22)14-21(3)19(23)18(15-10-6-4-7-11-15)24-16-12-8-5-9-13-16/h4-13,18H,14H2,1-3H3. The Balaban J connectivity index is 2.22. The lowest BCUT2D eigenvalue weighted by molar-refractivity contribution is -0.143. The number of amides is 2. The predicted molar refractivity (Wildman–Crippen MR) is 92.6 cm³/mol. The van der Waals surface area contributed by atoms with E-state index < -0.39 is 6.10 Å². The lowest BCUT2D eigenvalue weighted by Gasteiger charge is -2.25. The van der Waals surface area contributed by atoms with Gasteiger partial charge in [-0.3, -0.25) is 9.59 Å². The molecule has 5 nitrogen and oxygen atoms in total. The van der Waals surface area contributed by atoms with Crippen LogP contribution in [0, 0.1) is 0 Å². The van der Waals surface area contributed by atoms with Gasteiger partial charge in [0.15, 0.2) is 0 Å². The molecule has 0 radical (unpaired) electrons. The summed E-state index contributed by atoms with van der Waals surface area (Å²) in [7, 11) is 4.93. The molecule has 2 rings (SSSR count). The number of ether oxygens (including phenoxy) is 1. The van der Waals surface area contributed by atoms with Crippen LogP contribution < -0.4 is 4.74 Å². The summed E-state index contributed by atoms with van der Waals surface area (Å²) < 4.78 is 5.91. The van der Waals surface area contributed by atoms with E-state index >= 15 is 0 Å². The van der Waals surface area contributed by atoms with E-state index in [1.807, 2.05) is 48.5 Å². The second-order valence-corrected chi connectivity index (χ2v) is 5.70. The molecule has 0 aromatic heterocycles. The molecular formula is C19H22N2O3. The first kappa shape index (κ1) is 17.5. The van der Waals surface area contributed by atoms with Crippen LogP contribution in [0.3, 0.4) is 0 Å². The zero-order valence-corrected chi connectivity index (χ0v) is 14.2. The van der Waals surface area contributed by atoms with Crippen molar-refractivity contribution in [3.8, 4) is 5.75 Å². The van der Waals surface area contributed by atoms with Gasteiger partial charge in [-0.2, -0.15) is 0 Å². The summed E-state index contributed by atoms with van der Waals surface area (Å²) in [6.45, 7) is 0.00726. The molecule has 0 fully saturated rings. The molecule has 0 aliphatic carbocycles. The summed E-state index contributed by atoms with van der Waals surface area (Å²) in [4.78, 5) is 27.6. The zero-order valence-electron chi connectivity index (χ0n) is 14.2. The van der Waals surface area contributed by atoms with Crippen LogP contribution in [-0.4, -0.2) is 49.3 Å². The Morgan fingerprint density at radius 1 is 0.917 bits per heavy atom. The molecule has 126 valence electrons. The van der Waals surface area contributed by atoms with Crippen molar-refractivity contribution in [1.82, 2.24) is 9.80 Å². The molecule has 0 aliphatic heterocycles. The number of hydrogen-bond donors (Lipinski definition) is 0. The molecular weight excluding hydrogens is 304 g/mol. The van der Waals surface area contributed by atoms with Crippen LogP contribution in [-0.2, 0) is 9.59 Å².